The Balaban J connectivity index is 2.43. The van der Waals surface area contributed by atoms with Crippen molar-refractivity contribution in [3.63, 3.8) is 0 Å². The van der Waals surface area contributed by atoms with E-state index in [1.54, 1.807) is 6.07 Å². The highest BCUT2D eigenvalue weighted by atomic mass is 16.1. The Labute approximate surface area is 82.6 Å². The number of rotatable bonds is 2. The van der Waals surface area contributed by atoms with Crippen LogP contribution in [-0.4, -0.2) is 11.3 Å². The quantitative estimate of drug-likeness (QED) is 0.717. The van der Waals surface area contributed by atoms with Gasteiger partial charge in [-0.15, -0.1) is 0 Å². The Morgan fingerprint density at radius 1 is 1.21 bits per heavy atom. The van der Waals surface area contributed by atoms with Crippen LogP contribution >= 0.6 is 0 Å². The van der Waals surface area contributed by atoms with E-state index in [1.807, 2.05) is 31.2 Å². The Bertz CT molecular complexity index is 457. The number of carbonyl (C=O) groups excluding carboxylic acids is 1. The summed E-state index contributed by atoms with van der Waals surface area (Å²) in [6.07, 6.45) is 0.819. The standard InChI is InChI=1S/C12H11NO/c1-9-3-2-4-10(7-9)12-6-5-11(8-14)13-12/h2-8,13H,1H3. The maximum absolute atomic E-state index is 10.5. The molecule has 0 saturated carbocycles. The lowest BCUT2D eigenvalue weighted by atomic mass is 10.1. The molecule has 2 heteroatoms. The fraction of sp³-hybridized carbons (Fsp3) is 0.0833. The number of hydrogen-bond acceptors (Lipinski definition) is 1. The second-order valence-corrected chi connectivity index (χ2v) is 3.31. The van der Waals surface area contributed by atoms with E-state index >= 15 is 0 Å². The first-order chi connectivity index (χ1) is 6.79. The van der Waals surface area contributed by atoms with Gasteiger partial charge in [0, 0.05) is 5.69 Å². The molecule has 0 aliphatic heterocycles. The molecule has 1 heterocycles. The molecule has 2 aromatic rings. The number of aldehydes is 1. The van der Waals surface area contributed by atoms with Crippen molar-refractivity contribution in [1.82, 2.24) is 4.98 Å². The third-order valence-electron chi connectivity index (χ3n) is 2.16. The molecule has 0 aliphatic carbocycles. The summed E-state index contributed by atoms with van der Waals surface area (Å²) in [7, 11) is 0. The smallest absolute Gasteiger partial charge is 0.166 e. The van der Waals surface area contributed by atoms with Crippen LogP contribution in [0, 0.1) is 6.92 Å². The van der Waals surface area contributed by atoms with Crippen molar-refractivity contribution in [1.29, 1.82) is 0 Å². The van der Waals surface area contributed by atoms with Crippen LogP contribution in [0.25, 0.3) is 11.3 Å². The summed E-state index contributed by atoms with van der Waals surface area (Å²) in [6.45, 7) is 2.05. The number of benzene rings is 1. The van der Waals surface area contributed by atoms with Crippen LogP contribution in [0.1, 0.15) is 16.1 Å². The van der Waals surface area contributed by atoms with E-state index < -0.39 is 0 Å². The fourth-order valence-corrected chi connectivity index (χ4v) is 1.46. The molecule has 2 nitrogen and oxygen atoms in total. The molecule has 0 bridgehead atoms. The zero-order valence-electron chi connectivity index (χ0n) is 7.95. The van der Waals surface area contributed by atoms with Crippen molar-refractivity contribution in [2.24, 2.45) is 0 Å². The molecule has 0 atom stereocenters. The van der Waals surface area contributed by atoms with Crippen LogP contribution in [-0.2, 0) is 0 Å². The van der Waals surface area contributed by atoms with E-state index in [4.69, 9.17) is 0 Å². The van der Waals surface area contributed by atoms with E-state index in [2.05, 4.69) is 11.1 Å². The molecule has 0 amide bonds. The second-order valence-electron chi connectivity index (χ2n) is 3.31. The topological polar surface area (TPSA) is 32.9 Å². The maximum atomic E-state index is 10.5. The van der Waals surface area contributed by atoms with Gasteiger partial charge in [0.05, 0.1) is 5.69 Å². The van der Waals surface area contributed by atoms with Crippen LogP contribution in [0.5, 0.6) is 0 Å². The minimum absolute atomic E-state index is 0.613. The van der Waals surface area contributed by atoms with E-state index in [0.717, 1.165) is 17.5 Å². The molecular formula is C12H11NO. The lowest BCUT2D eigenvalue weighted by Gasteiger charge is -1.98. The monoisotopic (exact) mass is 185 g/mol. The Hall–Kier alpha value is -1.83. The average molecular weight is 185 g/mol. The number of H-pyrrole nitrogens is 1. The van der Waals surface area contributed by atoms with Gasteiger partial charge in [-0.2, -0.15) is 0 Å². The van der Waals surface area contributed by atoms with E-state index in [-0.39, 0.29) is 0 Å². The largest absolute Gasteiger partial charge is 0.352 e. The Morgan fingerprint density at radius 3 is 2.71 bits per heavy atom. The van der Waals surface area contributed by atoms with Crippen molar-refractivity contribution >= 4 is 6.29 Å². The van der Waals surface area contributed by atoms with Crippen molar-refractivity contribution in [2.45, 2.75) is 6.92 Å². The Morgan fingerprint density at radius 2 is 2.07 bits per heavy atom. The highest BCUT2D eigenvalue weighted by Gasteiger charge is 2.00. The number of carbonyl (C=O) groups is 1. The molecule has 1 N–H and O–H groups in total. The lowest BCUT2D eigenvalue weighted by molar-refractivity contribution is 0.111. The Kier molecular flexibility index (Phi) is 2.19. The van der Waals surface area contributed by atoms with Gasteiger partial charge in [-0.1, -0.05) is 23.8 Å². The first-order valence-corrected chi connectivity index (χ1v) is 4.51. The van der Waals surface area contributed by atoms with Crippen molar-refractivity contribution in [2.75, 3.05) is 0 Å². The molecule has 1 aromatic carbocycles. The van der Waals surface area contributed by atoms with Gasteiger partial charge in [0.25, 0.3) is 0 Å². The van der Waals surface area contributed by atoms with Crippen LogP contribution in [0.15, 0.2) is 36.4 Å². The van der Waals surface area contributed by atoms with Crippen molar-refractivity contribution in [3.8, 4) is 11.3 Å². The van der Waals surface area contributed by atoms with Crippen LogP contribution in [0.2, 0.25) is 0 Å². The SMILES string of the molecule is Cc1cccc(-c2ccc(C=O)[nH]2)c1. The number of aromatic nitrogens is 1. The minimum Gasteiger partial charge on any atom is -0.352 e. The van der Waals surface area contributed by atoms with Crippen molar-refractivity contribution in [3.05, 3.63) is 47.7 Å². The molecule has 2 rings (SSSR count). The van der Waals surface area contributed by atoms with E-state index in [9.17, 15) is 4.79 Å². The zero-order chi connectivity index (χ0) is 9.97. The van der Waals surface area contributed by atoms with Gasteiger partial charge in [-0.25, -0.2) is 0 Å². The highest BCUT2D eigenvalue weighted by molar-refractivity contribution is 5.75. The molecule has 0 aliphatic rings. The zero-order valence-corrected chi connectivity index (χ0v) is 7.95. The van der Waals surface area contributed by atoms with Crippen LogP contribution in [0.3, 0.4) is 0 Å². The van der Waals surface area contributed by atoms with Crippen molar-refractivity contribution < 1.29 is 4.79 Å². The number of aryl methyl sites for hydroxylation is 1. The molecule has 0 spiro atoms. The third-order valence-corrected chi connectivity index (χ3v) is 2.16. The maximum Gasteiger partial charge on any atom is 0.166 e. The summed E-state index contributed by atoms with van der Waals surface area (Å²) < 4.78 is 0. The molecule has 70 valence electrons. The van der Waals surface area contributed by atoms with Gasteiger partial charge in [0.1, 0.15) is 0 Å². The summed E-state index contributed by atoms with van der Waals surface area (Å²) in [4.78, 5) is 13.5. The fourth-order valence-electron chi connectivity index (χ4n) is 1.46. The lowest BCUT2D eigenvalue weighted by Crippen LogP contribution is -1.81. The first kappa shape index (κ1) is 8.75. The molecule has 0 radical (unpaired) electrons. The average Bonchev–Trinajstić information content (AvgIpc) is 2.66. The molecular weight excluding hydrogens is 174 g/mol. The normalized spacial score (nSPS) is 10.1. The molecule has 0 fully saturated rings. The first-order valence-electron chi connectivity index (χ1n) is 4.51. The number of aromatic amines is 1. The summed E-state index contributed by atoms with van der Waals surface area (Å²) >= 11 is 0. The van der Waals surface area contributed by atoms with Gasteiger partial charge in [0.2, 0.25) is 0 Å². The summed E-state index contributed by atoms with van der Waals surface area (Å²) in [6, 6.07) is 11.9. The van der Waals surface area contributed by atoms with Crippen LogP contribution in [0.4, 0.5) is 0 Å². The van der Waals surface area contributed by atoms with Gasteiger partial charge in [-0.3, -0.25) is 4.79 Å². The van der Waals surface area contributed by atoms with Gasteiger partial charge in [-0.05, 0) is 30.7 Å². The third kappa shape index (κ3) is 1.59. The van der Waals surface area contributed by atoms with Gasteiger partial charge < -0.3 is 4.98 Å². The predicted molar refractivity (Wildman–Crippen MR) is 56.4 cm³/mol. The second kappa shape index (κ2) is 3.50. The molecule has 14 heavy (non-hydrogen) atoms. The minimum atomic E-state index is 0.613. The van der Waals surface area contributed by atoms with Crippen LogP contribution < -0.4 is 0 Å². The highest BCUT2D eigenvalue weighted by Crippen LogP contribution is 2.18. The summed E-state index contributed by atoms with van der Waals surface area (Å²) in [5.74, 6) is 0. The molecule has 1 aromatic heterocycles. The summed E-state index contributed by atoms with van der Waals surface area (Å²) in [5.41, 5.74) is 3.92. The summed E-state index contributed by atoms with van der Waals surface area (Å²) in [5, 5.41) is 0. The number of nitrogens with one attached hydrogen (secondary N) is 1. The van der Waals surface area contributed by atoms with Gasteiger partial charge >= 0.3 is 0 Å². The predicted octanol–water partition coefficient (Wildman–Crippen LogP) is 2.80. The van der Waals surface area contributed by atoms with E-state index in [0.29, 0.717) is 5.69 Å². The van der Waals surface area contributed by atoms with Gasteiger partial charge in [0.15, 0.2) is 6.29 Å². The number of hydrogen-bond donors (Lipinski definition) is 1. The molecule has 0 saturated heterocycles. The van der Waals surface area contributed by atoms with E-state index in [1.165, 1.54) is 5.56 Å². The molecule has 0 unspecified atom stereocenters.